The molecule has 1 unspecified atom stereocenters. The second-order valence-electron chi connectivity index (χ2n) is 4.69. The molecule has 90 valence electrons. The summed E-state index contributed by atoms with van der Waals surface area (Å²) in [5.41, 5.74) is 0. The van der Waals surface area contributed by atoms with E-state index in [4.69, 9.17) is 0 Å². The molecule has 0 spiro atoms. The van der Waals surface area contributed by atoms with Crippen molar-refractivity contribution in [3.05, 3.63) is 0 Å². The Morgan fingerprint density at radius 3 is 2.33 bits per heavy atom. The molecule has 0 aromatic carbocycles. The maximum atomic E-state index is 12.1. The second-order valence-corrected chi connectivity index (χ2v) is 8.30. The molecule has 1 aliphatic heterocycles. The van der Waals surface area contributed by atoms with Crippen LogP contribution in [0, 0.1) is 5.92 Å². The van der Waals surface area contributed by atoms with Crippen LogP contribution in [-0.4, -0.2) is 35.6 Å². The molecule has 1 heterocycles. The summed E-state index contributed by atoms with van der Waals surface area (Å²) < 4.78 is 25.5. The van der Waals surface area contributed by atoms with E-state index in [0.29, 0.717) is 12.5 Å². The van der Waals surface area contributed by atoms with E-state index in [9.17, 15) is 8.42 Å². The Kier molecular flexibility index (Phi) is 4.50. The molecule has 1 rings (SSSR count). The van der Waals surface area contributed by atoms with E-state index in [1.165, 1.54) is 0 Å². The van der Waals surface area contributed by atoms with Crippen LogP contribution >= 0.6 is 11.8 Å². The van der Waals surface area contributed by atoms with Gasteiger partial charge in [0.05, 0.1) is 0 Å². The summed E-state index contributed by atoms with van der Waals surface area (Å²) in [4.78, 5) is 0. The van der Waals surface area contributed by atoms with Gasteiger partial charge in [0, 0.05) is 12.6 Å². The third kappa shape index (κ3) is 3.11. The van der Waals surface area contributed by atoms with Gasteiger partial charge in [-0.25, -0.2) is 8.42 Å². The number of thioether (sulfide) groups is 1. The van der Waals surface area contributed by atoms with Crippen LogP contribution in [0.5, 0.6) is 0 Å². The minimum absolute atomic E-state index is 0.0969. The normalized spacial score (nSPS) is 26.7. The molecular formula is C10H21NO2S2. The maximum absolute atomic E-state index is 12.1. The highest BCUT2D eigenvalue weighted by atomic mass is 32.3. The summed E-state index contributed by atoms with van der Waals surface area (Å²) in [6.45, 7) is 8.80. The van der Waals surface area contributed by atoms with Crippen LogP contribution in [0.3, 0.4) is 0 Å². The van der Waals surface area contributed by atoms with Gasteiger partial charge in [-0.1, -0.05) is 13.8 Å². The van der Waals surface area contributed by atoms with Crippen LogP contribution in [0.25, 0.3) is 0 Å². The molecule has 0 aromatic rings. The number of hydrogen-bond donors (Lipinski definition) is 0. The topological polar surface area (TPSA) is 37.4 Å². The minimum Gasteiger partial charge on any atom is -0.211 e. The number of sulfonamides is 1. The summed E-state index contributed by atoms with van der Waals surface area (Å²) in [6, 6.07) is 0.0969. The van der Waals surface area contributed by atoms with Gasteiger partial charge in [-0.15, -0.1) is 11.8 Å². The van der Waals surface area contributed by atoms with Crippen molar-refractivity contribution in [1.82, 2.24) is 4.31 Å². The van der Waals surface area contributed by atoms with E-state index in [2.05, 4.69) is 13.8 Å². The quantitative estimate of drug-likeness (QED) is 0.768. The molecule has 0 bridgehead atoms. The van der Waals surface area contributed by atoms with Crippen molar-refractivity contribution in [3.63, 3.8) is 0 Å². The monoisotopic (exact) mass is 251 g/mol. The first kappa shape index (κ1) is 13.3. The molecular weight excluding hydrogens is 230 g/mol. The molecule has 1 fully saturated rings. The van der Waals surface area contributed by atoms with E-state index < -0.39 is 10.0 Å². The summed E-state index contributed by atoms with van der Waals surface area (Å²) in [5, 5.41) is 0. The third-order valence-corrected chi connectivity index (χ3v) is 7.20. The van der Waals surface area contributed by atoms with Gasteiger partial charge in [0.15, 0.2) is 0 Å². The SMILES string of the molecule is CC(C)CSC1CCN(C(C)C)S1(=O)=O. The molecule has 1 aliphatic rings. The van der Waals surface area contributed by atoms with Crippen LogP contribution in [0.4, 0.5) is 0 Å². The van der Waals surface area contributed by atoms with Gasteiger partial charge >= 0.3 is 0 Å². The highest BCUT2D eigenvalue weighted by Gasteiger charge is 2.40. The van der Waals surface area contributed by atoms with Crippen molar-refractivity contribution in [2.24, 2.45) is 5.92 Å². The first-order chi connectivity index (χ1) is 6.85. The summed E-state index contributed by atoms with van der Waals surface area (Å²) in [7, 11) is -3.03. The minimum atomic E-state index is -3.03. The van der Waals surface area contributed by atoms with Gasteiger partial charge in [-0.2, -0.15) is 4.31 Å². The Labute approximate surface area is 97.7 Å². The van der Waals surface area contributed by atoms with Crippen molar-refractivity contribution in [2.75, 3.05) is 12.3 Å². The Balaban J connectivity index is 2.64. The fourth-order valence-electron chi connectivity index (χ4n) is 1.68. The Morgan fingerprint density at radius 1 is 1.33 bits per heavy atom. The highest BCUT2D eigenvalue weighted by molar-refractivity contribution is 8.12. The van der Waals surface area contributed by atoms with E-state index in [1.807, 2.05) is 13.8 Å². The van der Waals surface area contributed by atoms with Gasteiger partial charge in [0.2, 0.25) is 10.0 Å². The molecule has 5 heteroatoms. The van der Waals surface area contributed by atoms with E-state index in [-0.39, 0.29) is 10.6 Å². The molecule has 0 aromatic heterocycles. The summed E-state index contributed by atoms with van der Waals surface area (Å²) >= 11 is 1.59. The number of rotatable bonds is 4. The van der Waals surface area contributed by atoms with Crippen LogP contribution in [0.2, 0.25) is 0 Å². The van der Waals surface area contributed by atoms with Crippen LogP contribution in [0.1, 0.15) is 34.1 Å². The molecule has 1 atom stereocenters. The number of hydrogen-bond acceptors (Lipinski definition) is 3. The van der Waals surface area contributed by atoms with Crippen molar-refractivity contribution in [1.29, 1.82) is 0 Å². The van der Waals surface area contributed by atoms with E-state index in [0.717, 1.165) is 12.2 Å². The van der Waals surface area contributed by atoms with E-state index in [1.54, 1.807) is 16.1 Å². The lowest BCUT2D eigenvalue weighted by Gasteiger charge is -2.20. The van der Waals surface area contributed by atoms with Crippen LogP contribution < -0.4 is 0 Å². The molecule has 0 aliphatic carbocycles. The number of nitrogens with zero attached hydrogens (tertiary/aromatic N) is 1. The van der Waals surface area contributed by atoms with E-state index >= 15 is 0 Å². The van der Waals surface area contributed by atoms with Gasteiger partial charge in [-0.05, 0) is 31.9 Å². The molecule has 0 radical (unpaired) electrons. The Morgan fingerprint density at radius 2 is 1.93 bits per heavy atom. The molecule has 0 amide bonds. The smallest absolute Gasteiger partial charge is 0.211 e. The molecule has 0 N–H and O–H groups in total. The fourth-order valence-corrected chi connectivity index (χ4v) is 5.46. The Hall–Kier alpha value is 0.260. The zero-order valence-corrected chi connectivity index (χ0v) is 11.6. The van der Waals surface area contributed by atoms with Crippen molar-refractivity contribution < 1.29 is 8.42 Å². The van der Waals surface area contributed by atoms with Gasteiger partial charge in [0.25, 0.3) is 0 Å². The van der Waals surface area contributed by atoms with Crippen molar-refractivity contribution in [3.8, 4) is 0 Å². The average molecular weight is 251 g/mol. The predicted octanol–water partition coefficient (Wildman–Crippen LogP) is 2.15. The Bertz CT molecular complexity index is 299. The fraction of sp³-hybridized carbons (Fsp3) is 1.00. The molecule has 15 heavy (non-hydrogen) atoms. The third-order valence-electron chi connectivity index (χ3n) is 2.44. The lowest BCUT2D eigenvalue weighted by Crippen LogP contribution is -2.34. The largest absolute Gasteiger partial charge is 0.226 e. The lowest BCUT2D eigenvalue weighted by atomic mass is 10.3. The lowest BCUT2D eigenvalue weighted by molar-refractivity contribution is 0.381. The first-order valence-corrected chi connectivity index (χ1v) is 8.03. The van der Waals surface area contributed by atoms with Gasteiger partial charge in [-0.3, -0.25) is 0 Å². The molecule has 1 saturated heterocycles. The predicted molar refractivity (Wildman–Crippen MR) is 66.5 cm³/mol. The average Bonchev–Trinajstić information content (AvgIpc) is 2.37. The molecule has 3 nitrogen and oxygen atoms in total. The summed E-state index contributed by atoms with van der Waals surface area (Å²) in [5.74, 6) is 1.48. The zero-order chi connectivity index (χ0) is 11.6. The maximum Gasteiger partial charge on any atom is 0.226 e. The van der Waals surface area contributed by atoms with Crippen LogP contribution in [-0.2, 0) is 10.0 Å². The van der Waals surface area contributed by atoms with Crippen LogP contribution in [0.15, 0.2) is 0 Å². The summed E-state index contributed by atoms with van der Waals surface area (Å²) in [6.07, 6.45) is 0.776. The van der Waals surface area contributed by atoms with Gasteiger partial charge < -0.3 is 0 Å². The van der Waals surface area contributed by atoms with Crippen molar-refractivity contribution in [2.45, 2.75) is 44.7 Å². The molecule has 0 saturated carbocycles. The highest BCUT2D eigenvalue weighted by Crippen LogP contribution is 2.32. The standard InChI is InChI=1S/C10H21NO2S2/c1-8(2)7-14-10-5-6-11(9(3)4)15(10,12)13/h8-10H,5-7H2,1-4H3. The zero-order valence-electron chi connectivity index (χ0n) is 9.93. The van der Waals surface area contributed by atoms with Gasteiger partial charge in [0.1, 0.15) is 4.58 Å². The first-order valence-electron chi connectivity index (χ1n) is 5.48. The van der Waals surface area contributed by atoms with Crippen molar-refractivity contribution >= 4 is 21.8 Å². The second kappa shape index (κ2) is 5.06.